The van der Waals surface area contributed by atoms with E-state index in [1.165, 1.54) is 5.06 Å². The van der Waals surface area contributed by atoms with Crippen LogP contribution in [-0.2, 0) is 4.74 Å². The lowest BCUT2D eigenvalue weighted by atomic mass is 9.99. The standard InChI is InChI=1S/C20H19BrN6O3/c1-12-23-19(30-25-12)16-10-13-8-15(21)9-14(11-22)17(13)24-18(16)26-4-2-20(3-5-26)27(28)6-7-29-20/h8-10,28H,2-7H2,1H3. The van der Waals surface area contributed by atoms with Gasteiger partial charge in [-0.15, -0.1) is 0 Å². The maximum atomic E-state index is 10.2. The molecule has 2 aliphatic rings. The van der Waals surface area contributed by atoms with Crippen LogP contribution in [0, 0.1) is 18.3 Å². The van der Waals surface area contributed by atoms with Crippen molar-refractivity contribution in [2.75, 3.05) is 31.1 Å². The summed E-state index contributed by atoms with van der Waals surface area (Å²) in [6.07, 6.45) is 1.27. The van der Waals surface area contributed by atoms with Crippen LogP contribution in [0.5, 0.6) is 0 Å². The number of nitrogens with zero attached hydrogens (tertiary/aromatic N) is 6. The summed E-state index contributed by atoms with van der Waals surface area (Å²) in [6, 6.07) is 7.84. The minimum atomic E-state index is -0.628. The maximum Gasteiger partial charge on any atom is 0.261 e. The first-order valence-electron chi connectivity index (χ1n) is 9.70. The van der Waals surface area contributed by atoms with Crippen molar-refractivity contribution in [1.29, 1.82) is 5.26 Å². The molecule has 9 nitrogen and oxygen atoms in total. The molecule has 154 valence electrons. The van der Waals surface area contributed by atoms with Crippen molar-refractivity contribution in [2.24, 2.45) is 0 Å². The highest BCUT2D eigenvalue weighted by Crippen LogP contribution is 2.38. The molecule has 0 unspecified atom stereocenters. The van der Waals surface area contributed by atoms with E-state index in [2.05, 4.69) is 37.0 Å². The molecule has 0 bridgehead atoms. The Bertz CT molecular complexity index is 1170. The monoisotopic (exact) mass is 470 g/mol. The number of benzene rings is 1. The molecule has 30 heavy (non-hydrogen) atoms. The minimum Gasteiger partial charge on any atom is -0.357 e. The topological polar surface area (TPSA) is 112 Å². The van der Waals surface area contributed by atoms with Crippen LogP contribution in [0.2, 0.25) is 0 Å². The summed E-state index contributed by atoms with van der Waals surface area (Å²) >= 11 is 3.46. The number of hydroxylamine groups is 2. The Hall–Kier alpha value is -2.58. The lowest BCUT2D eigenvalue weighted by molar-refractivity contribution is -0.231. The molecule has 2 fully saturated rings. The van der Waals surface area contributed by atoms with Gasteiger partial charge in [0.15, 0.2) is 5.82 Å². The van der Waals surface area contributed by atoms with Crippen molar-refractivity contribution in [3.05, 3.63) is 34.1 Å². The number of anilines is 1. The number of aryl methyl sites for hydroxylation is 1. The van der Waals surface area contributed by atoms with Crippen LogP contribution in [0.1, 0.15) is 24.2 Å². The maximum absolute atomic E-state index is 10.2. The highest BCUT2D eigenvalue weighted by atomic mass is 79.9. The van der Waals surface area contributed by atoms with E-state index in [0.717, 1.165) is 9.86 Å². The predicted octanol–water partition coefficient (Wildman–Crippen LogP) is 3.25. The van der Waals surface area contributed by atoms with Gasteiger partial charge in [0.1, 0.15) is 17.6 Å². The fourth-order valence-corrected chi connectivity index (χ4v) is 4.68. The van der Waals surface area contributed by atoms with Crippen LogP contribution in [0.3, 0.4) is 0 Å². The van der Waals surface area contributed by atoms with E-state index in [1.807, 2.05) is 12.1 Å². The molecule has 0 amide bonds. The predicted molar refractivity (Wildman–Crippen MR) is 111 cm³/mol. The van der Waals surface area contributed by atoms with Gasteiger partial charge in [-0.2, -0.15) is 15.3 Å². The Balaban J connectivity index is 1.61. The van der Waals surface area contributed by atoms with Crippen LogP contribution in [0.15, 0.2) is 27.2 Å². The second kappa shape index (κ2) is 7.28. The zero-order valence-electron chi connectivity index (χ0n) is 16.3. The molecule has 2 aliphatic heterocycles. The van der Waals surface area contributed by atoms with Gasteiger partial charge in [-0.1, -0.05) is 21.1 Å². The number of nitriles is 1. The second-order valence-corrected chi connectivity index (χ2v) is 8.46. The Morgan fingerprint density at radius 1 is 1.20 bits per heavy atom. The van der Waals surface area contributed by atoms with Gasteiger partial charge >= 0.3 is 0 Å². The summed E-state index contributed by atoms with van der Waals surface area (Å²) in [5.74, 6) is 1.61. The molecule has 0 aliphatic carbocycles. The van der Waals surface area contributed by atoms with Gasteiger partial charge in [0.05, 0.1) is 29.8 Å². The first kappa shape index (κ1) is 19.4. The number of piperidine rings is 1. The molecule has 4 heterocycles. The average molecular weight is 471 g/mol. The van der Waals surface area contributed by atoms with E-state index in [1.54, 1.807) is 13.0 Å². The minimum absolute atomic E-state index is 0.386. The van der Waals surface area contributed by atoms with Crippen LogP contribution < -0.4 is 4.90 Å². The van der Waals surface area contributed by atoms with Crippen molar-refractivity contribution < 1.29 is 14.5 Å². The summed E-state index contributed by atoms with van der Waals surface area (Å²) in [7, 11) is 0. The Morgan fingerprint density at radius 2 is 2.00 bits per heavy atom. The molecular weight excluding hydrogens is 452 g/mol. The summed E-state index contributed by atoms with van der Waals surface area (Å²) in [5, 5.41) is 25.9. The van der Waals surface area contributed by atoms with Crippen molar-refractivity contribution in [3.8, 4) is 17.5 Å². The van der Waals surface area contributed by atoms with Gasteiger partial charge in [0.25, 0.3) is 5.89 Å². The van der Waals surface area contributed by atoms with E-state index in [4.69, 9.17) is 14.2 Å². The summed E-state index contributed by atoms with van der Waals surface area (Å²) in [4.78, 5) is 11.4. The highest BCUT2D eigenvalue weighted by molar-refractivity contribution is 9.10. The molecule has 0 radical (unpaired) electrons. The summed E-state index contributed by atoms with van der Waals surface area (Å²) < 4.78 is 12.1. The lowest BCUT2D eigenvalue weighted by Crippen LogP contribution is -2.52. The third-order valence-electron chi connectivity index (χ3n) is 5.73. The number of aromatic nitrogens is 3. The third kappa shape index (κ3) is 3.15. The molecule has 3 aromatic rings. The van der Waals surface area contributed by atoms with Gasteiger partial charge in [-0.3, -0.25) is 0 Å². The Labute approximate surface area is 180 Å². The molecule has 0 saturated carbocycles. The van der Waals surface area contributed by atoms with Crippen LogP contribution in [-0.4, -0.2) is 57.4 Å². The van der Waals surface area contributed by atoms with Crippen molar-refractivity contribution in [2.45, 2.75) is 25.5 Å². The molecule has 2 aromatic heterocycles. The normalized spacial score (nSPS) is 18.9. The Morgan fingerprint density at radius 3 is 2.63 bits per heavy atom. The molecule has 2 saturated heterocycles. The fraction of sp³-hybridized carbons (Fsp3) is 0.400. The lowest BCUT2D eigenvalue weighted by Gasteiger charge is -2.41. The first-order chi connectivity index (χ1) is 14.5. The number of pyridine rings is 1. The largest absolute Gasteiger partial charge is 0.357 e. The molecule has 0 atom stereocenters. The van der Waals surface area contributed by atoms with Crippen molar-refractivity contribution in [3.63, 3.8) is 0 Å². The molecule has 1 aromatic carbocycles. The molecule has 5 rings (SSSR count). The second-order valence-electron chi connectivity index (χ2n) is 7.55. The SMILES string of the molecule is Cc1noc(-c2cc3cc(Br)cc(C#N)c3nc2N2CCC3(CC2)OCCN3O)n1. The van der Waals surface area contributed by atoms with Gasteiger partial charge in [0.2, 0.25) is 0 Å². The third-order valence-corrected chi connectivity index (χ3v) is 6.19. The number of halogens is 1. The number of hydrogen-bond acceptors (Lipinski definition) is 9. The van der Waals surface area contributed by atoms with Gasteiger partial charge in [0, 0.05) is 35.8 Å². The average Bonchev–Trinajstić information content (AvgIpc) is 3.33. The highest BCUT2D eigenvalue weighted by Gasteiger charge is 2.45. The zero-order chi connectivity index (χ0) is 20.9. The van der Waals surface area contributed by atoms with E-state index >= 15 is 0 Å². The summed E-state index contributed by atoms with van der Waals surface area (Å²) in [5.41, 5.74) is 1.20. The van der Waals surface area contributed by atoms with E-state index in [-0.39, 0.29) is 0 Å². The first-order valence-corrected chi connectivity index (χ1v) is 10.5. The zero-order valence-corrected chi connectivity index (χ0v) is 17.9. The fourth-order valence-electron chi connectivity index (χ4n) is 4.20. The van der Waals surface area contributed by atoms with E-state index < -0.39 is 5.72 Å². The number of rotatable bonds is 2. The van der Waals surface area contributed by atoms with Crippen LogP contribution in [0.25, 0.3) is 22.4 Å². The van der Waals surface area contributed by atoms with E-state index in [0.29, 0.717) is 73.3 Å². The number of hydrogen-bond donors (Lipinski definition) is 1. The molecular formula is C20H19BrN6O3. The molecule has 10 heteroatoms. The summed E-state index contributed by atoms with van der Waals surface area (Å²) in [6.45, 7) is 4.07. The van der Waals surface area contributed by atoms with E-state index in [9.17, 15) is 10.5 Å². The van der Waals surface area contributed by atoms with Crippen LogP contribution in [0.4, 0.5) is 5.82 Å². The molecule has 1 spiro atoms. The van der Waals surface area contributed by atoms with Gasteiger partial charge < -0.3 is 19.4 Å². The Kier molecular flexibility index (Phi) is 4.71. The van der Waals surface area contributed by atoms with Gasteiger partial charge in [-0.05, 0) is 25.1 Å². The quantitative estimate of drug-likeness (QED) is 0.602. The number of fused-ring (bicyclic) bond motifs is 1. The van der Waals surface area contributed by atoms with Crippen molar-refractivity contribution in [1.82, 2.24) is 20.2 Å². The van der Waals surface area contributed by atoms with Crippen LogP contribution >= 0.6 is 15.9 Å². The number of ether oxygens (including phenoxy) is 1. The van der Waals surface area contributed by atoms with Crippen molar-refractivity contribution >= 4 is 32.7 Å². The molecule has 1 N–H and O–H groups in total. The smallest absolute Gasteiger partial charge is 0.261 e. The van der Waals surface area contributed by atoms with Gasteiger partial charge in [-0.25, -0.2) is 4.98 Å².